The number of hydrogen-bond donors (Lipinski definition) is 0. The van der Waals surface area contributed by atoms with Crippen molar-refractivity contribution in [1.82, 2.24) is 0 Å². The molecule has 1 fully saturated rings. The molecule has 0 spiro atoms. The van der Waals surface area contributed by atoms with Gasteiger partial charge >= 0.3 is 5.97 Å². The topological polar surface area (TPSA) is 43.4 Å². The molecule has 0 saturated heterocycles. The monoisotopic (exact) mass is 258 g/mol. The zero-order valence-electron chi connectivity index (χ0n) is 11.1. The van der Waals surface area contributed by atoms with Crippen LogP contribution in [0.3, 0.4) is 0 Å². The van der Waals surface area contributed by atoms with Crippen LogP contribution in [0.2, 0.25) is 0 Å². The van der Waals surface area contributed by atoms with Crippen molar-refractivity contribution in [2.45, 2.75) is 38.0 Å². The molecule has 0 unspecified atom stereocenters. The van der Waals surface area contributed by atoms with E-state index in [2.05, 4.69) is 0 Å². The summed E-state index contributed by atoms with van der Waals surface area (Å²) in [6.45, 7) is 2.18. The maximum atomic E-state index is 12.5. The van der Waals surface area contributed by atoms with E-state index < -0.39 is 5.41 Å². The number of benzene rings is 1. The second-order valence-corrected chi connectivity index (χ2v) is 5.40. The van der Waals surface area contributed by atoms with Crippen molar-refractivity contribution in [3.63, 3.8) is 0 Å². The van der Waals surface area contributed by atoms with Gasteiger partial charge in [0.2, 0.25) is 0 Å². The fourth-order valence-corrected chi connectivity index (χ4v) is 3.74. The number of carbonyl (C=O) groups excluding carboxylic acids is 2. The van der Waals surface area contributed by atoms with E-state index in [1.807, 2.05) is 31.2 Å². The van der Waals surface area contributed by atoms with Gasteiger partial charge in [-0.3, -0.25) is 9.59 Å². The van der Waals surface area contributed by atoms with Crippen LogP contribution in [-0.2, 0) is 14.9 Å². The molecule has 1 aromatic rings. The molecule has 3 rings (SSSR count). The average Bonchev–Trinajstić information content (AvgIpc) is 2.71. The number of carbonyl (C=O) groups is 2. The van der Waals surface area contributed by atoms with Crippen LogP contribution < -0.4 is 0 Å². The molecule has 3 heteroatoms. The first-order chi connectivity index (χ1) is 9.21. The fourth-order valence-electron chi connectivity index (χ4n) is 3.74. The van der Waals surface area contributed by atoms with E-state index in [1.54, 1.807) is 0 Å². The third-order valence-electron chi connectivity index (χ3n) is 4.54. The zero-order chi connectivity index (χ0) is 13.5. The van der Waals surface area contributed by atoms with E-state index >= 15 is 0 Å². The smallest absolute Gasteiger partial charge is 0.317 e. The molecule has 100 valence electrons. The van der Waals surface area contributed by atoms with Gasteiger partial charge in [0.05, 0.1) is 6.61 Å². The van der Waals surface area contributed by atoms with Crippen molar-refractivity contribution in [2.75, 3.05) is 6.61 Å². The average molecular weight is 258 g/mol. The van der Waals surface area contributed by atoms with Crippen molar-refractivity contribution < 1.29 is 14.3 Å². The third kappa shape index (κ3) is 1.57. The second kappa shape index (κ2) is 4.48. The molecule has 0 bridgehead atoms. The molecule has 0 heterocycles. The van der Waals surface area contributed by atoms with Crippen molar-refractivity contribution in [1.29, 1.82) is 0 Å². The van der Waals surface area contributed by atoms with Gasteiger partial charge in [-0.05, 0) is 25.3 Å². The Morgan fingerprint density at radius 1 is 1.37 bits per heavy atom. The first-order valence-electron chi connectivity index (χ1n) is 7.02. The fraction of sp³-hybridized carbons (Fsp3) is 0.500. The first kappa shape index (κ1) is 12.4. The van der Waals surface area contributed by atoms with Gasteiger partial charge in [-0.25, -0.2) is 0 Å². The van der Waals surface area contributed by atoms with Crippen molar-refractivity contribution in [3.05, 3.63) is 35.4 Å². The number of rotatable bonds is 2. The molecule has 1 aromatic carbocycles. The van der Waals surface area contributed by atoms with Crippen LogP contribution in [0.4, 0.5) is 0 Å². The number of Topliss-reactive ketones (excluding diaryl/α,β-unsaturated/α-hetero) is 1. The molecule has 0 aromatic heterocycles. The summed E-state index contributed by atoms with van der Waals surface area (Å²) in [6.07, 6.45) is 3.54. The highest BCUT2D eigenvalue weighted by Gasteiger charge is 2.58. The highest BCUT2D eigenvalue weighted by Crippen LogP contribution is 2.52. The molecule has 2 aliphatic carbocycles. The summed E-state index contributed by atoms with van der Waals surface area (Å²) in [5.41, 5.74) is 0.910. The highest BCUT2D eigenvalue weighted by molar-refractivity contribution is 6.09. The Kier molecular flexibility index (Phi) is 2.92. The number of ether oxygens (including phenoxy) is 1. The van der Waals surface area contributed by atoms with Gasteiger partial charge in [0, 0.05) is 11.5 Å². The Hall–Kier alpha value is -1.64. The quantitative estimate of drug-likeness (QED) is 0.766. The predicted molar refractivity (Wildman–Crippen MR) is 71.0 cm³/mol. The van der Waals surface area contributed by atoms with Crippen LogP contribution in [0.15, 0.2) is 24.3 Å². The molecule has 0 N–H and O–H groups in total. The molecule has 2 aliphatic rings. The Balaban J connectivity index is 2.16. The second-order valence-electron chi connectivity index (χ2n) is 5.40. The van der Waals surface area contributed by atoms with Gasteiger partial charge in [-0.15, -0.1) is 0 Å². The van der Waals surface area contributed by atoms with Crippen molar-refractivity contribution in [2.24, 2.45) is 5.92 Å². The molecule has 0 radical (unpaired) electrons. The molecule has 0 aliphatic heterocycles. The molecule has 2 atom stereocenters. The summed E-state index contributed by atoms with van der Waals surface area (Å²) in [7, 11) is 0. The molecule has 3 nitrogen and oxygen atoms in total. The normalized spacial score (nSPS) is 28.7. The van der Waals surface area contributed by atoms with Crippen LogP contribution >= 0.6 is 0 Å². The first-order valence-corrected chi connectivity index (χ1v) is 7.02. The van der Waals surface area contributed by atoms with Crippen molar-refractivity contribution >= 4 is 11.8 Å². The predicted octanol–water partition coefficient (Wildman–Crippen LogP) is 2.87. The molecule has 19 heavy (non-hydrogen) atoms. The summed E-state index contributed by atoms with van der Waals surface area (Å²) >= 11 is 0. The highest BCUT2D eigenvalue weighted by atomic mass is 16.5. The standard InChI is InChI=1S/C16H18O3/c1-2-19-15(18)16-10-6-5-9-13(16)14(17)11-7-3-4-8-12(11)16/h3-4,7-8,13H,2,5-6,9-10H2,1H3/t13-,16-/m0/s1. The van der Waals surface area contributed by atoms with Gasteiger partial charge < -0.3 is 4.74 Å². The Bertz CT molecular complexity index is 535. The number of esters is 1. The van der Waals surface area contributed by atoms with E-state index in [0.29, 0.717) is 6.61 Å². The maximum absolute atomic E-state index is 12.5. The van der Waals surface area contributed by atoms with E-state index in [-0.39, 0.29) is 17.7 Å². The van der Waals surface area contributed by atoms with Crippen LogP contribution in [0.25, 0.3) is 0 Å². The maximum Gasteiger partial charge on any atom is 0.317 e. The lowest BCUT2D eigenvalue weighted by molar-refractivity contribution is -0.153. The van der Waals surface area contributed by atoms with Crippen LogP contribution in [0.5, 0.6) is 0 Å². The van der Waals surface area contributed by atoms with Gasteiger partial charge in [-0.1, -0.05) is 37.1 Å². The summed E-state index contributed by atoms with van der Waals surface area (Å²) in [5, 5.41) is 0. The van der Waals surface area contributed by atoms with E-state index in [4.69, 9.17) is 4.74 Å². The van der Waals surface area contributed by atoms with E-state index in [0.717, 1.165) is 36.8 Å². The van der Waals surface area contributed by atoms with Crippen molar-refractivity contribution in [3.8, 4) is 0 Å². The summed E-state index contributed by atoms with van der Waals surface area (Å²) in [4.78, 5) is 25.1. The van der Waals surface area contributed by atoms with Crippen LogP contribution in [-0.4, -0.2) is 18.4 Å². The summed E-state index contributed by atoms with van der Waals surface area (Å²) < 4.78 is 5.30. The number of hydrogen-bond acceptors (Lipinski definition) is 3. The molecule has 1 saturated carbocycles. The Labute approximate surface area is 113 Å². The van der Waals surface area contributed by atoms with Gasteiger partial charge in [0.25, 0.3) is 0 Å². The van der Waals surface area contributed by atoms with E-state index in [1.165, 1.54) is 0 Å². The third-order valence-corrected chi connectivity index (χ3v) is 4.54. The minimum atomic E-state index is -0.706. The lowest BCUT2D eigenvalue weighted by Crippen LogP contribution is -2.45. The molecular weight excluding hydrogens is 240 g/mol. The van der Waals surface area contributed by atoms with Gasteiger partial charge in [0.1, 0.15) is 5.41 Å². The number of ketones is 1. The minimum absolute atomic E-state index is 0.128. The minimum Gasteiger partial charge on any atom is -0.465 e. The van der Waals surface area contributed by atoms with Crippen LogP contribution in [0, 0.1) is 5.92 Å². The summed E-state index contributed by atoms with van der Waals surface area (Å²) in [6, 6.07) is 7.55. The summed E-state index contributed by atoms with van der Waals surface area (Å²) in [5.74, 6) is -0.293. The molecular formula is C16H18O3. The van der Waals surface area contributed by atoms with Gasteiger partial charge in [-0.2, -0.15) is 0 Å². The molecule has 0 amide bonds. The SMILES string of the molecule is CCOC(=O)[C@]12CCCC[C@H]1C(=O)c1ccccc12. The largest absolute Gasteiger partial charge is 0.465 e. The Morgan fingerprint density at radius 2 is 2.16 bits per heavy atom. The zero-order valence-corrected chi connectivity index (χ0v) is 11.1. The van der Waals surface area contributed by atoms with Gasteiger partial charge in [0.15, 0.2) is 5.78 Å². The Morgan fingerprint density at radius 3 is 2.95 bits per heavy atom. The number of fused-ring (bicyclic) bond motifs is 3. The lowest BCUT2D eigenvalue weighted by atomic mass is 9.66. The van der Waals surface area contributed by atoms with E-state index in [9.17, 15) is 9.59 Å². The van der Waals surface area contributed by atoms with Crippen LogP contribution in [0.1, 0.15) is 48.5 Å². The lowest BCUT2D eigenvalue weighted by Gasteiger charge is -2.36.